The molecule has 1 saturated heterocycles. The standard InChI is InChI=1S/C22H18Cl2N2O8S/c1-10(27)32-7-11-9-35-21-17(20(29)26(21)18(11)22(30)31)25-19(28)15-6-5-12(34-15)8-33-14-4-2-3-13(23)16(14)24/h2-6,17,21H,7-9H2,1H3,(H,25,28)(H,30,31)/t17-,21-/m0/s1. The summed E-state index contributed by atoms with van der Waals surface area (Å²) in [4.78, 5) is 49.3. The average molecular weight is 541 g/mol. The molecule has 2 aliphatic rings. The number of benzene rings is 1. The number of nitrogens with zero attached hydrogens (tertiary/aromatic N) is 1. The number of carbonyl (C=O) groups excluding carboxylic acids is 3. The molecular weight excluding hydrogens is 523 g/mol. The molecule has 184 valence electrons. The molecule has 1 aromatic carbocycles. The van der Waals surface area contributed by atoms with Gasteiger partial charge < -0.3 is 24.3 Å². The number of nitrogens with one attached hydrogen (secondary N) is 1. The number of β-lactam (4-membered cyclic amide) rings is 1. The van der Waals surface area contributed by atoms with Gasteiger partial charge in [-0.1, -0.05) is 29.3 Å². The van der Waals surface area contributed by atoms with Crippen LogP contribution in [-0.4, -0.2) is 57.5 Å². The quantitative estimate of drug-likeness (QED) is 0.382. The average Bonchev–Trinajstić information content (AvgIpc) is 3.30. The van der Waals surface area contributed by atoms with Crippen molar-refractivity contribution in [3.8, 4) is 5.75 Å². The maximum absolute atomic E-state index is 12.7. The first-order valence-electron chi connectivity index (χ1n) is 10.2. The number of rotatable bonds is 8. The molecule has 0 unspecified atom stereocenters. The van der Waals surface area contributed by atoms with Crippen LogP contribution in [0.1, 0.15) is 23.2 Å². The van der Waals surface area contributed by atoms with Gasteiger partial charge >= 0.3 is 11.9 Å². The lowest BCUT2D eigenvalue weighted by atomic mass is 10.0. The molecule has 35 heavy (non-hydrogen) atoms. The molecule has 0 spiro atoms. The molecule has 2 aromatic rings. The highest BCUT2D eigenvalue weighted by atomic mass is 35.5. The lowest BCUT2D eigenvalue weighted by Gasteiger charge is -2.49. The van der Waals surface area contributed by atoms with Crippen LogP contribution in [0, 0.1) is 0 Å². The van der Waals surface area contributed by atoms with Crippen LogP contribution in [0.2, 0.25) is 10.0 Å². The van der Waals surface area contributed by atoms with Crippen molar-refractivity contribution in [2.45, 2.75) is 24.9 Å². The second-order valence-electron chi connectivity index (χ2n) is 7.51. The van der Waals surface area contributed by atoms with Crippen molar-refractivity contribution >= 4 is 58.7 Å². The molecule has 0 saturated carbocycles. The Balaban J connectivity index is 1.39. The molecule has 1 aromatic heterocycles. The number of ether oxygens (including phenoxy) is 2. The smallest absolute Gasteiger partial charge is 0.352 e. The van der Waals surface area contributed by atoms with Gasteiger partial charge in [-0.25, -0.2) is 4.79 Å². The van der Waals surface area contributed by atoms with Crippen LogP contribution in [0.3, 0.4) is 0 Å². The molecule has 1 fully saturated rings. The molecule has 2 N–H and O–H groups in total. The van der Waals surface area contributed by atoms with Crippen LogP contribution in [0.5, 0.6) is 5.75 Å². The van der Waals surface area contributed by atoms with Crippen LogP contribution in [0.4, 0.5) is 0 Å². The van der Waals surface area contributed by atoms with Gasteiger partial charge in [0.15, 0.2) is 5.76 Å². The van der Waals surface area contributed by atoms with E-state index in [0.29, 0.717) is 22.1 Å². The van der Waals surface area contributed by atoms with Crippen molar-refractivity contribution in [3.63, 3.8) is 0 Å². The Bertz CT molecular complexity index is 1240. The van der Waals surface area contributed by atoms with Gasteiger partial charge in [0.05, 0.1) is 5.02 Å². The number of esters is 1. The lowest BCUT2D eigenvalue weighted by Crippen LogP contribution is -2.70. The van der Waals surface area contributed by atoms with Crippen molar-refractivity contribution in [1.29, 1.82) is 0 Å². The zero-order valence-electron chi connectivity index (χ0n) is 18.1. The third kappa shape index (κ3) is 5.12. The molecule has 3 heterocycles. The van der Waals surface area contributed by atoms with Gasteiger partial charge in [0, 0.05) is 18.2 Å². The van der Waals surface area contributed by atoms with Crippen LogP contribution in [0.15, 0.2) is 46.0 Å². The molecule has 0 radical (unpaired) electrons. The molecule has 4 rings (SSSR count). The zero-order chi connectivity index (χ0) is 25.3. The van der Waals surface area contributed by atoms with Gasteiger partial charge in [-0.15, -0.1) is 11.8 Å². The van der Waals surface area contributed by atoms with Crippen molar-refractivity contribution in [1.82, 2.24) is 10.2 Å². The summed E-state index contributed by atoms with van der Waals surface area (Å²) in [7, 11) is 0. The summed E-state index contributed by atoms with van der Waals surface area (Å²) in [5.74, 6) is -2.22. The van der Waals surface area contributed by atoms with E-state index in [1.807, 2.05) is 0 Å². The van der Waals surface area contributed by atoms with E-state index in [2.05, 4.69) is 5.32 Å². The fourth-order valence-corrected chi connectivity index (χ4v) is 5.19. The SMILES string of the molecule is CC(=O)OCC1=C(C(=O)O)N2C(=O)[C@H](NC(=O)c3ccc(COc4cccc(Cl)c4Cl)o3)[C@@H]2SC1. The lowest BCUT2D eigenvalue weighted by molar-refractivity contribution is -0.149. The predicted molar refractivity (Wildman–Crippen MR) is 125 cm³/mol. The number of carboxylic acid groups (broad SMARTS) is 1. The number of furan rings is 1. The number of carboxylic acids is 1. The van der Waals surface area contributed by atoms with E-state index in [4.69, 9.17) is 37.1 Å². The minimum atomic E-state index is -1.31. The molecule has 0 aliphatic carbocycles. The van der Waals surface area contributed by atoms with Crippen molar-refractivity contribution in [2.75, 3.05) is 12.4 Å². The van der Waals surface area contributed by atoms with Crippen molar-refractivity contribution in [2.24, 2.45) is 0 Å². The fourth-order valence-electron chi connectivity index (χ4n) is 3.52. The monoisotopic (exact) mass is 540 g/mol. The Morgan fingerprint density at radius 2 is 2.00 bits per heavy atom. The zero-order valence-corrected chi connectivity index (χ0v) is 20.4. The second kappa shape index (κ2) is 10.2. The van der Waals surface area contributed by atoms with E-state index in [9.17, 15) is 24.3 Å². The first-order chi connectivity index (χ1) is 16.7. The van der Waals surface area contributed by atoms with Crippen LogP contribution in [-0.2, 0) is 25.7 Å². The second-order valence-corrected chi connectivity index (χ2v) is 9.40. The first kappa shape index (κ1) is 25.0. The maximum Gasteiger partial charge on any atom is 0.352 e. The Hall–Kier alpha value is -3.15. The van der Waals surface area contributed by atoms with Gasteiger partial charge in [-0.05, 0) is 24.3 Å². The normalized spacial score (nSPS) is 19.1. The van der Waals surface area contributed by atoms with E-state index in [0.717, 1.165) is 4.90 Å². The van der Waals surface area contributed by atoms with Crippen LogP contribution in [0.25, 0.3) is 0 Å². The van der Waals surface area contributed by atoms with E-state index in [-0.39, 0.29) is 35.4 Å². The Morgan fingerprint density at radius 1 is 1.23 bits per heavy atom. The fraction of sp³-hybridized carbons (Fsp3) is 0.273. The summed E-state index contributed by atoms with van der Waals surface area (Å²) in [5.41, 5.74) is 0.0742. The van der Waals surface area contributed by atoms with Crippen LogP contribution >= 0.6 is 35.0 Å². The van der Waals surface area contributed by atoms with E-state index in [1.165, 1.54) is 24.8 Å². The summed E-state index contributed by atoms with van der Waals surface area (Å²) in [6.45, 7) is 0.966. The molecule has 13 heteroatoms. The number of amides is 2. The van der Waals surface area contributed by atoms with Crippen LogP contribution < -0.4 is 10.1 Å². The summed E-state index contributed by atoms with van der Waals surface area (Å²) < 4.78 is 16.0. The van der Waals surface area contributed by atoms with Gasteiger partial charge in [0.25, 0.3) is 11.8 Å². The van der Waals surface area contributed by atoms with Crippen molar-refractivity contribution < 1.29 is 38.2 Å². The Kier molecular flexibility index (Phi) is 7.29. The number of fused-ring (bicyclic) bond motifs is 1. The van der Waals surface area contributed by atoms with Gasteiger partial charge in [-0.3, -0.25) is 19.3 Å². The number of halogens is 2. The minimum Gasteiger partial charge on any atom is -0.484 e. The molecule has 0 bridgehead atoms. The third-order valence-electron chi connectivity index (χ3n) is 5.16. The maximum atomic E-state index is 12.7. The predicted octanol–water partition coefficient (Wildman–Crippen LogP) is 3.08. The highest BCUT2D eigenvalue weighted by Crippen LogP contribution is 2.40. The van der Waals surface area contributed by atoms with E-state index in [1.54, 1.807) is 24.3 Å². The minimum absolute atomic E-state index is 0.0141. The highest BCUT2D eigenvalue weighted by Gasteiger charge is 2.54. The van der Waals surface area contributed by atoms with E-state index < -0.39 is 35.2 Å². The molecule has 2 atom stereocenters. The number of thioether (sulfide) groups is 1. The topological polar surface area (TPSA) is 135 Å². The largest absolute Gasteiger partial charge is 0.484 e. The number of carbonyl (C=O) groups is 4. The summed E-state index contributed by atoms with van der Waals surface area (Å²) >= 11 is 13.3. The van der Waals surface area contributed by atoms with Gasteiger partial charge in [-0.2, -0.15) is 0 Å². The number of aliphatic carboxylic acids is 1. The summed E-state index contributed by atoms with van der Waals surface area (Å²) in [6, 6.07) is 6.98. The first-order valence-corrected chi connectivity index (χ1v) is 12.0. The van der Waals surface area contributed by atoms with Crippen molar-refractivity contribution in [3.05, 3.63) is 63.2 Å². The number of hydrogen-bond acceptors (Lipinski definition) is 8. The highest BCUT2D eigenvalue weighted by molar-refractivity contribution is 8.00. The molecular formula is C22H18Cl2N2O8S. The van der Waals surface area contributed by atoms with Gasteiger partial charge in [0.2, 0.25) is 0 Å². The Morgan fingerprint density at radius 3 is 2.71 bits per heavy atom. The molecule has 10 nitrogen and oxygen atoms in total. The van der Waals surface area contributed by atoms with E-state index >= 15 is 0 Å². The summed E-state index contributed by atoms with van der Waals surface area (Å²) in [5, 5.41) is 12.2. The third-order valence-corrected chi connectivity index (χ3v) is 7.30. The summed E-state index contributed by atoms with van der Waals surface area (Å²) in [6.07, 6.45) is 0. The number of hydrogen-bond donors (Lipinski definition) is 2. The molecule has 2 amide bonds. The van der Waals surface area contributed by atoms with Gasteiger partial charge in [0.1, 0.15) is 46.9 Å². The molecule has 2 aliphatic heterocycles. The Labute approximate surface area is 213 Å².